The van der Waals surface area contributed by atoms with E-state index in [9.17, 15) is 9.18 Å². The van der Waals surface area contributed by atoms with Gasteiger partial charge in [0.15, 0.2) is 0 Å². The first-order valence-electron chi connectivity index (χ1n) is 9.21. The normalized spacial score (nSPS) is 21.3. The lowest BCUT2D eigenvalue weighted by molar-refractivity contribution is -0.137. The van der Waals surface area contributed by atoms with Crippen LogP contribution < -0.4 is 0 Å². The van der Waals surface area contributed by atoms with Gasteiger partial charge in [-0.05, 0) is 49.4 Å². The molecule has 0 aliphatic carbocycles. The lowest BCUT2D eigenvalue weighted by Gasteiger charge is -2.33. The third-order valence-corrected chi connectivity index (χ3v) is 5.33. The van der Waals surface area contributed by atoms with E-state index in [1.807, 2.05) is 15.8 Å². The van der Waals surface area contributed by atoms with Crippen LogP contribution in [0.5, 0.6) is 0 Å². The van der Waals surface area contributed by atoms with Crippen LogP contribution in [0.2, 0.25) is 0 Å². The number of ether oxygens (including phenoxy) is 1. The molecule has 0 unspecified atom stereocenters. The van der Waals surface area contributed by atoms with Crippen molar-refractivity contribution in [3.63, 3.8) is 0 Å². The van der Waals surface area contributed by atoms with E-state index in [0.29, 0.717) is 19.1 Å². The zero-order chi connectivity index (χ0) is 17.9. The van der Waals surface area contributed by atoms with Crippen molar-refractivity contribution in [1.82, 2.24) is 19.9 Å². The Hall–Kier alpha value is -2.28. The van der Waals surface area contributed by atoms with Gasteiger partial charge in [0.25, 0.3) is 0 Å². The number of hydrogen-bond acceptors (Lipinski definition) is 4. The molecule has 7 heteroatoms. The maximum atomic E-state index is 13.0. The van der Waals surface area contributed by atoms with Crippen LogP contribution in [-0.2, 0) is 16.1 Å². The number of benzene rings is 1. The number of hydrogen-bond donors (Lipinski definition) is 0. The fourth-order valence-electron chi connectivity index (χ4n) is 3.73. The number of rotatable bonds is 4. The fourth-order valence-corrected chi connectivity index (χ4v) is 3.73. The molecular weight excluding hydrogens is 335 g/mol. The lowest BCUT2D eigenvalue weighted by atomic mass is 9.95. The molecule has 6 nitrogen and oxygen atoms in total. The van der Waals surface area contributed by atoms with Crippen LogP contribution >= 0.6 is 0 Å². The highest BCUT2D eigenvalue weighted by Crippen LogP contribution is 2.24. The summed E-state index contributed by atoms with van der Waals surface area (Å²) < 4.78 is 20.2. The first kappa shape index (κ1) is 17.1. The molecule has 2 aliphatic heterocycles. The minimum Gasteiger partial charge on any atom is -0.381 e. The van der Waals surface area contributed by atoms with Crippen molar-refractivity contribution in [2.75, 3.05) is 26.3 Å². The molecule has 1 aromatic heterocycles. The van der Waals surface area contributed by atoms with Crippen LogP contribution in [0.4, 0.5) is 4.39 Å². The van der Waals surface area contributed by atoms with Crippen LogP contribution in [0, 0.1) is 17.7 Å². The highest BCUT2D eigenvalue weighted by atomic mass is 19.1. The van der Waals surface area contributed by atoms with Crippen LogP contribution in [0.25, 0.3) is 11.3 Å². The Labute approximate surface area is 151 Å². The highest BCUT2D eigenvalue weighted by molar-refractivity contribution is 5.79. The van der Waals surface area contributed by atoms with E-state index in [1.54, 1.807) is 12.1 Å². The van der Waals surface area contributed by atoms with Gasteiger partial charge in [-0.25, -0.2) is 4.39 Å². The largest absolute Gasteiger partial charge is 0.381 e. The van der Waals surface area contributed by atoms with Crippen LogP contribution in [-0.4, -0.2) is 52.1 Å². The molecule has 1 amide bonds. The molecule has 1 atom stereocenters. The summed E-state index contributed by atoms with van der Waals surface area (Å²) in [5, 5.41) is 8.39. The molecule has 3 heterocycles. The first-order chi connectivity index (χ1) is 12.7. The summed E-state index contributed by atoms with van der Waals surface area (Å²) >= 11 is 0. The van der Waals surface area contributed by atoms with Gasteiger partial charge in [-0.1, -0.05) is 5.21 Å². The first-order valence-corrected chi connectivity index (χ1v) is 9.21. The molecule has 4 rings (SSSR count). The summed E-state index contributed by atoms with van der Waals surface area (Å²) in [6, 6.07) is 6.27. The van der Waals surface area contributed by atoms with E-state index in [2.05, 4.69) is 10.3 Å². The zero-order valence-corrected chi connectivity index (χ0v) is 14.7. The van der Waals surface area contributed by atoms with Crippen molar-refractivity contribution >= 4 is 5.91 Å². The van der Waals surface area contributed by atoms with Crippen molar-refractivity contribution in [3.05, 3.63) is 36.3 Å². The molecule has 0 bridgehead atoms. The molecule has 0 saturated carbocycles. The van der Waals surface area contributed by atoms with Gasteiger partial charge in [-0.3, -0.25) is 9.48 Å². The monoisotopic (exact) mass is 358 g/mol. The Kier molecular flexibility index (Phi) is 4.97. The predicted octanol–water partition coefficient (Wildman–Crippen LogP) is 2.36. The molecular formula is C19H23FN4O2. The Morgan fingerprint density at radius 1 is 1.19 bits per heavy atom. The summed E-state index contributed by atoms with van der Waals surface area (Å²) in [6.45, 7) is 3.68. The molecule has 2 aliphatic rings. The second-order valence-corrected chi connectivity index (χ2v) is 7.16. The Bertz CT molecular complexity index is 747. The van der Waals surface area contributed by atoms with E-state index in [0.717, 1.165) is 50.2 Å². The van der Waals surface area contributed by atoms with Crippen LogP contribution in [0.15, 0.2) is 30.5 Å². The quantitative estimate of drug-likeness (QED) is 0.842. The van der Waals surface area contributed by atoms with E-state index in [1.165, 1.54) is 12.1 Å². The van der Waals surface area contributed by atoms with Crippen molar-refractivity contribution in [1.29, 1.82) is 0 Å². The number of nitrogens with zero attached hydrogens (tertiary/aromatic N) is 4. The van der Waals surface area contributed by atoms with E-state index in [4.69, 9.17) is 4.74 Å². The maximum absolute atomic E-state index is 13.0. The summed E-state index contributed by atoms with van der Waals surface area (Å²) in [5.41, 5.74) is 1.61. The van der Waals surface area contributed by atoms with Gasteiger partial charge in [0.05, 0.1) is 18.7 Å². The summed E-state index contributed by atoms with van der Waals surface area (Å²) in [4.78, 5) is 14.4. The number of amides is 1. The fraction of sp³-hybridized carbons (Fsp3) is 0.526. The van der Waals surface area contributed by atoms with E-state index in [-0.39, 0.29) is 17.6 Å². The summed E-state index contributed by atoms with van der Waals surface area (Å²) in [5.74, 6) is 0.536. The highest BCUT2D eigenvalue weighted by Gasteiger charge is 2.30. The topological polar surface area (TPSA) is 60.2 Å². The second kappa shape index (κ2) is 7.53. The van der Waals surface area contributed by atoms with Gasteiger partial charge in [0, 0.05) is 31.8 Å². The van der Waals surface area contributed by atoms with Crippen molar-refractivity contribution < 1.29 is 13.9 Å². The molecule has 2 fully saturated rings. The average molecular weight is 358 g/mol. The molecule has 0 radical (unpaired) electrons. The molecule has 26 heavy (non-hydrogen) atoms. The Balaban J connectivity index is 1.30. The number of piperidine rings is 1. The molecule has 1 aromatic carbocycles. The maximum Gasteiger partial charge on any atom is 0.228 e. The van der Waals surface area contributed by atoms with Gasteiger partial charge in [-0.15, -0.1) is 5.10 Å². The number of carbonyl (C=O) groups is 1. The summed E-state index contributed by atoms with van der Waals surface area (Å²) in [7, 11) is 0. The molecule has 2 saturated heterocycles. The van der Waals surface area contributed by atoms with E-state index < -0.39 is 0 Å². The number of likely N-dealkylation sites (tertiary alicyclic amines) is 1. The van der Waals surface area contributed by atoms with Crippen molar-refractivity contribution in [2.24, 2.45) is 11.8 Å². The van der Waals surface area contributed by atoms with E-state index >= 15 is 0 Å². The van der Waals surface area contributed by atoms with Gasteiger partial charge in [0.2, 0.25) is 5.91 Å². The van der Waals surface area contributed by atoms with Gasteiger partial charge in [-0.2, -0.15) is 0 Å². The lowest BCUT2D eigenvalue weighted by Crippen LogP contribution is -2.42. The molecule has 2 aromatic rings. The minimum atomic E-state index is -0.258. The SMILES string of the molecule is O=C([C@@H]1CCOC1)N1CCC(Cn2cc(-c3ccc(F)cc3)nn2)CC1. The van der Waals surface area contributed by atoms with Gasteiger partial charge < -0.3 is 9.64 Å². The minimum absolute atomic E-state index is 0.0557. The second-order valence-electron chi connectivity index (χ2n) is 7.16. The number of halogens is 1. The number of aromatic nitrogens is 3. The third kappa shape index (κ3) is 3.77. The summed E-state index contributed by atoms with van der Waals surface area (Å²) in [6.07, 6.45) is 4.71. The molecule has 138 valence electrons. The van der Waals surface area contributed by atoms with Crippen molar-refractivity contribution in [2.45, 2.75) is 25.8 Å². The zero-order valence-electron chi connectivity index (χ0n) is 14.7. The standard InChI is InChI=1S/C19H23FN4O2/c20-17-3-1-15(2-4-17)18-12-24(22-21-18)11-14-5-8-23(9-6-14)19(25)16-7-10-26-13-16/h1-4,12,14,16H,5-11,13H2/t16-/m1/s1. The Morgan fingerprint density at radius 2 is 1.96 bits per heavy atom. The van der Waals surface area contributed by atoms with Crippen molar-refractivity contribution in [3.8, 4) is 11.3 Å². The Morgan fingerprint density at radius 3 is 2.65 bits per heavy atom. The van der Waals surface area contributed by atoms with Crippen LogP contribution in [0.1, 0.15) is 19.3 Å². The number of carbonyl (C=O) groups excluding carboxylic acids is 1. The van der Waals surface area contributed by atoms with Gasteiger partial charge in [0.1, 0.15) is 11.5 Å². The van der Waals surface area contributed by atoms with Crippen LogP contribution in [0.3, 0.4) is 0 Å². The molecule has 0 spiro atoms. The average Bonchev–Trinajstić information content (AvgIpc) is 3.35. The van der Waals surface area contributed by atoms with Gasteiger partial charge >= 0.3 is 0 Å². The molecule has 0 N–H and O–H groups in total. The third-order valence-electron chi connectivity index (χ3n) is 5.33. The predicted molar refractivity (Wildman–Crippen MR) is 93.6 cm³/mol. The smallest absolute Gasteiger partial charge is 0.228 e.